The van der Waals surface area contributed by atoms with Gasteiger partial charge in [0.05, 0.1) is 6.61 Å². The summed E-state index contributed by atoms with van der Waals surface area (Å²) in [7, 11) is 0. The minimum Gasteiger partial charge on any atom is -0.492 e. The molecule has 1 aromatic rings. The molecule has 0 spiro atoms. The van der Waals surface area contributed by atoms with Crippen molar-refractivity contribution in [3.05, 3.63) is 47.6 Å². The van der Waals surface area contributed by atoms with Crippen LogP contribution < -0.4 is 4.74 Å². The molecule has 2 rings (SSSR count). The Morgan fingerprint density at radius 2 is 2.15 bits per heavy atom. The zero-order valence-electron chi connectivity index (χ0n) is 12.7. The van der Waals surface area contributed by atoms with Gasteiger partial charge in [-0.2, -0.15) is 0 Å². The number of rotatable bonds is 3. The van der Waals surface area contributed by atoms with Crippen LogP contribution in [0.4, 0.5) is 0 Å². The van der Waals surface area contributed by atoms with E-state index in [1.54, 1.807) is 13.0 Å². The van der Waals surface area contributed by atoms with Crippen LogP contribution in [-0.4, -0.2) is 12.4 Å². The molecule has 1 aromatic carbocycles. The first-order chi connectivity index (χ1) is 9.41. The second-order valence-electron chi connectivity index (χ2n) is 6.00. The Labute approximate surface area is 121 Å². The number of carbonyl (C=O) groups excluding carboxylic acids is 1. The fourth-order valence-electron chi connectivity index (χ4n) is 2.30. The number of allylic oxidation sites excluding steroid dienone is 3. The van der Waals surface area contributed by atoms with Gasteiger partial charge in [0.1, 0.15) is 5.75 Å². The van der Waals surface area contributed by atoms with E-state index in [0.29, 0.717) is 6.61 Å². The molecule has 1 aliphatic heterocycles. The topological polar surface area (TPSA) is 26.3 Å². The molecule has 106 valence electrons. The van der Waals surface area contributed by atoms with Gasteiger partial charge in [-0.05, 0) is 42.7 Å². The summed E-state index contributed by atoms with van der Waals surface area (Å²) in [6.07, 6.45) is 6.70. The Balaban J connectivity index is 2.54. The van der Waals surface area contributed by atoms with E-state index in [1.165, 1.54) is 5.56 Å². The van der Waals surface area contributed by atoms with E-state index in [1.807, 2.05) is 12.1 Å². The number of ether oxygens (including phenoxy) is 1. The number of ketones is 1. The Bertz CT molecular complexity index is 577. The van der Waals surface area contributed by atoms with Crippen molar-refractivity contribution < 1.29 is 9.53 Å². The lowest BCUT2D eigenvalue weighted by Crippen LogP contribution is -2.17. The second kappa shape index (κ2) is 5.66. The normalized spacial score (nSPS) is 17.1. The average Bonchev–Trinajstić information content (AvgIpc) is 2.53. The third-order valence-corrected chi connectivity index (χ3v) is 3.41. The molecule has 0 aromatic heterocycles. The minimum atomic E-state index is -0.0537. The van der Waals surface area contributed by atoms with Crippen molar-refractivity contribution in [1.29, 1.82) is 0 Å². The van der Waals surface area contributed by atoms with Gasteiger partial charge in [0.15, 0.2) is 5.78 Å². The lowest BCUT2D eigenvalue weighted by atomic mass is 9.90. The standard InChI is InChI=1S/C18H22O2/c1-5-14-7-9-17-16(10-14)15(8-6-13(2)19)11-18(3,4)12-20-17/h6-11H,5,12H2,1-4H3/b8-6+. The highest BCUT2D eigenvalue weighted by Crippen LogP contribution is 2.36. The summed E-state index contributed by atoms with van der Waals surface area (Å²) in [5.41, 5.74) is 3.36. The van der Waals surface area contributed by atoms with Gasteiger partial charge in [-0.3, -0.25) is 4.79 Å². The second-order valence-corrected chi connectivity index (χ2v) is 6.00. The highest BCUT2D eigenvalue weighted by atomic mass is 16.5. The summed E-state index contributed by atoms with van der Waals surface area (Å²) >= 11 is 0. The van der Waals surface area contributed by atoms with Gasteiger partial charge in [-0.25, -0.2) is 0 Å². The van der Waals surface area contributed by atoms with Crippen molar-refractivity contribution in [3.8, 4) is 5.75 Å². The number of fused-ring (bicyclic) bond motifs is 1. The molecule has 20 heavy (non-hydrogen) atoms. The molecule has 2 heteroatoms. The van der Waals surface area contributed by atoms with Crippen LogP contribution in [0.5, 0.6) is 5.75 Å². The van der Waals surface area contributed by atoms with E-state index in [0.717, 1.165) is 23.3 Å². The molecule has 0 saturated heterocycles. The van der Waals surface area contributed by atoms with Crippen LogP contribution in [0.2, 0.25) is 0 Å². The van der Waals surface area contributed by atoms with Crippen molar-refractivity contribution in [2.24, 2.45) is 5.41 Å². The monoisotopic (exact) mass is 270 g/mol. The van der Waals surface area contributed by atoms with Crippen molar-refractivity contribution >= 4 is 11.4 Å². The molecule has 0 saturated carbocycles. The van der Waals surface area contributed by atoms with E-state index >= 15 is 0 Å². The third kappa shape index (κ3) is 3.38. The van der Waals surface area contributed by atoms with Gasteiger partial charge in [-0.15, -0.1) is 0 Å². The van der Waals surface area contributed by atoms with Crippen molar-refractivity contribution in [2.75, 3.05) is 6.61 Å². The highest BCUT2D eigenvalue weighted by Gasteiger charge is 2.22. The van der Waals surface area contributed by atoms with E-state index in [-0.39, 0.29) is 11.2 Å². The lowest BCUT2D eigenvalue weighted by Gasteiger charge is -2.18. The first-order valence-corrected chi connectivity index (χ1v) is 7.09. The molecule has 0 fully saturated rings. The fraction of sp³-hybridized carbons (Fsp3) is 0.389. The van der Waals surface area contributed by atoms with Gasteiger partial charge in [0.2, 0.25) is 0 Å². The number of carbonyl (C=O) groups is 1. The Morgan fingerprint density at radius 1 is 1.40 bits per heavy atom. The Hall–Kier alpha value is -1.83. The largest absolute Gasteiger partial charge is 0.492 e. The molecule has 0 unspecified atom stereocenters. The minimum absolute atomic E-state index is 0.0537. The van der Waals surface area contributed by atoms with Crippen LogP contribution in [0.15, 0.2) is 36.4 Å². The number of benzene rings is 1. The van der Waals surface area contributed by atoms with Crippen LogP contribution in [-0.2, 0) is 11.2 Å². The first-order valence-electron chi connectivity index (χ1n) is 7.09. The molecule has 1 aliphatic rings. The van der Waals surface area contributed by atoms with Gasteiger partial charge in [-0.1, -0.05) is 39.0 Å². The molecule has 0 bridgehead atoms. The van der Waals surface area contributed by atoms with Gasteiger partial charge in [0.25, 0.3) is 0 Å². The van der Waals surface area contributed by atoms with E-state index in [4.69, 9.17) is 4.74 Å². The highest BCUT2D eigenvalue weighted by molar-refractivity contribution is 5.91. The summed E-state index contributed by atoms with van der Waals surface area (Å²) < 4.78 is 5.93. The van der Waals surface area contributed by atoms with Crippen LogP contribution >= 0.6 is 0 Å². The molecule has 0 aliphatic carbocycles. The summed E-state index contributed by atoms with van der Waals surface area (Å²) in [5, 5.41) is 0. The molecule has 0 atom stereocenters. The maximum atomic E-state index is 11.2. The van der Waals surface area contributed by atoms with E-state index in [9.17, 15) is 4.79 Å². The molecular weight excluding hydrogens is 248 g/mol. The molecule has 0 N–H and O–H groups in total. The molecule has 1 heterocycles. The zero-order valence-corrected chi connectivity index (χ0v) is 12.7. The van der Waals surface area contributed by atoms with Crippen LogP contribution in [0.3, 0.4) is 0 Å². The summed E-state index contributed by atoms with van der Waals surface area (Å²) in [5.74, 6) is 0.953. The predicted octanol–water partition coefficient (Wildman–Crippen LogP) is 4.20. The molecule has 0 amide bonds. The van der Waals surface area contributed by atoms with E-state index in [2.05, 4.69) is 39.0 Å². The van der Waals surface area contributed by atoms with E-state index < -0.39 is 0 Å². The summed E-state index contributed by atoms with van der Waals surface area (Å²) in [4.78, 5) is 11.2. The maximum absolute atomic E-state index is 11.2. The number of aryl methyl sites for hydroxylation is 1. The average molecular weight is 270 g/mol. The Kier molecular flexibility index (Phi) is 4.12. The molecular formula is C18H22O2. The van der Waals surface area contributed by atoms with Crippen LogP contribution in [0.25, 0.3) is 5.57 Å². The van der Waals surface area contributed by atoms with Crippen molar-refractivity contribution in [2.45, 2.75) is 34.1 Å². The molecule has 0 radical (unpaired) electrons. The van der Waals surface area contributed by atoms with Gasteiger partial charge in [0, 0.05) is 11.0 Å². The number of hydrogen-bond donors (Lipinski definition) is 0. The summed E-state index contributed by atoms with van der Waals surface area (Å²) in [6.45, 7) is 8.63. The summed E-state index contributed by atoms with van der Waals surface area (Å²) in [6, 6.07) is 6.29. The smallest absolute Gasteiger partial charge is 0.152 e. The van der Waals surface area contributed by atoms with Gasteiger partial charge < -0.3 is 4.74 Å². The fourth-order valence-corrected chi connectivity index (χ4v) is 2.30. The quantitative estimate of drug-likeness (QED) is 0.770. The SMILES string of the molecule is CCc1ccc2c(c1)C(/C=C/C(C)=O)=CC(C)(C)CO2. The molecule has 2 nitrogen and oxygen atoms in total. The van der Waals surface area contributed by atoms with Gasteiger partial charge >= 0.3 is 0 Å². The van der Waals surface area contributed by atoms with Crippen molar-refractivity contribution in [1.82, 2.24) is 0 Å². The van der Waals surface area contributed by atoms with Crippen LogP contribution in [0, 0.1) is 5.41 Å². The third-order valence-electron chi connectivity index (χ3n) is 3.41. The first kappa shape index (κ1) is 14.6. The zero-order chi connectivity index (χ0) is 14.8. The maximum Gasteiger partial charge on any atom is 0.152 e. The predicted molar refractivity (Wildman–Crippen MR) is 82.9 cm³/mol. The Morgan fingerprint density at radius 3 is 2.80 bits per heavy atom. The number of hydrogen-bond acceptors (Lipinski definition) is 2. The lowest BCUT2D eigenvalue weighted by molar-refractivity contribution is -0.112. The van der Waals surface area contributed by atoms with Crippen LogP contribution in [0.1, 0.15) is 38.8 Å². The van der Waals surface area contributed by atoms with Crippen molar-refractivity contribution in [3.63, 3.8) is 0 Å².